The highest BCUT2D eigenvalue weighted by atomic mass is 79.9. The minimum atomic E-state index is -2.93. The maximum atomic E-state index is 13.4. The van der Waals surface area contributed by atoms with E-state index in [2.05, 4.69) is 31.4 Å². The molecule has 7 nitrogen and oxygen atoms in total. The van der Waals surface area contributed by atoms with Crippen LogP contribution in [0.25, 0.3) is 0 Å². The highest BCUT2D eigenvalue weighted by Crippen LogP contribution is 2.24. The van der Waals surface area contributed by atoms with Crippen molar-refractivity contribution in [1.82, 2.24) is 10.3 Å². The second-order valence-corrected chi connectivity index (χ2v) is 9.49. The van der Waals surface area contributed by atoms with Gasteiger partial charge in [0.15, 0.2) is 5.69 Å². The van der Waals surface area contributed by atoms with E-state index in [-0.39, 0.29) is 35.4 Å². The lowest BCUT2D eigenvalue weighted by molar-refractivity contribution is 0.298. The summed E-state index contributed by atoms with van der Waals surface area (Å²) in [5.41, 5.74) is 1.84. The molecule has 1 aliphatic rings. The first-order chi connectivity index (χ1) is 12.4. The number of oxime groups is 1. The monoisotopic (exact) mass is 445 g/mol. The van der Waals surface area contributed by atoms with Crippen LogP contribution < -0.4 is 0 Å². The van der Waals surface area contributed by atoms with E-state index in [1.807, 2.05) is 0 Å². The Morgan fingerprint density at radius 2 is 2.08 bits per heavy atom. The summed E-state index contributed by atoms with van der Waals surface area (Å²) in [5.74, 6) is 0.113. The van der Waals surface area contributed by atoms with Crippen LogP contribution in [-0.2, 0) is 22.7 Å². The van der Waals surface area contributed by atoms with E-state index in [9.17, 15) is 18.0 Å². The van der Waals surface area contributed by atoms with Crippen molar-refractivity contribution in [2.24, 2.45) is 11.1 Å². The first kappa shape index (κ1) is 19.0. The maximum absolute atomic E-state index is 13.4. The fraction of sp³-hybridized carbons (Fsp3) is 0.438. The molecular formula is C16H17BrFN3O4S. The van der Waals surface area contributed by atoms with Crippen molar-refractivity contribution in [3.63, 3.8) is 0 Å². The number of rotatable bonds is 5. The number of nitrogens with zero attached hydrogens (tertiary/aromatic N) is 3. The molecule has 0 atom stereocenters. The molecule has 2 aromatic rings. The molecule has 0 amide bonds. The molecule has 1 saturated heterocycles. The molecule has 1 aliphatic heterocycles. The van der Waals surface area contributed by atoms with Gasteiger partial charge in [0.1, 0.15) is 27.1 Å². The Hall–Kier alpha value is -1.81. The number of sulfone groups is 1. The summed E-state index contributed by atoms with van der Waals surface area (Å²) >= 11 is 3.12. The summed E-state index contributed by atoms with van der Waals surface area (Å²) in [5, 5.41) is 20.4. The van der Waals surface area contributed by atoms with Crippen molar-refractivity contribution in [1.29, 1.82) is 0 Å². The Kier molecular flexibility index (Phi) is 5.71. The van der Waals surface area contributed by atoms with E-state index >= 15 is 0 Å². The summed E-state index contributed by atoms with van der Waals surface area (Å²) < 4.78 is 41.6. The molecule has 3 rings (SSSR count). The summed E-state index contributed by atoms with van der Waals surface area (Å²) in [6.07, 6.45) is 1.84. The molecule has 26 heavy (non-hydrogen) atoms. The molecule has 0 aliphatic carbocycles. The van der Waals surface area contributed by atoms with Crippen LogP contribution in [0.2, 0.25) is 0 Å². The quantitative estimate of drug-likeness (QED) is 0.430. The van der Waals surface area contributed by atoms with Gasteiger partial charge in [-0.3, -0.25) is 0 Å². The molecule has 0 spiro atoms. The van der Waals surface area contributed by atoms with E-state index in [0.29, 0.717) is 35.1 Å². The number of halogens is 2. The molecule has 1 fully saturated rings. The average molecular weight is 446 g/mol. The SMILES string of the molecule is O=S1(=O)CCC(Cc2nonc2C(Cc2ccc(F)c(Br)c2)=NO)CC1. The van der Waals surface area contributed by atoms with Crippen LogP contribution in [0.4, 0.5) is 4.39 Å². The largest absolute Gasteiger partial charge is 0.411 e. The molecule has 0 bridgehead atoms. The predicted molar refractivity (Wildman–Crippen MR) is 95.5 cm³/mol. The fourth-order valence-electron chi connectivity index (χ4n) is 2.99. The zero-order valence-electron chi connectivity index (χ0n) is 13.7. The molecule has 10 heteroatoms. The highest BCUT2D eigenvalue weighted by Gasteiger charge is 2.27. The molecule has 1 aromatic carbocycles. The number of benzene rings is 1. The summed E-state index contributed by atoms with van der Waals surface area (Å²) in [4.78, 5) is 0. The smallest absolute Gasteiger partial charge is 0.156 e. The van der Waals surface area contributed by atoms with Gasteiger partial charge in [0.2, 0.25) is 0 Å². The van der Waals surface area contributed by atoms with Crippen molar-refractivity contribution in [3.8, 4) is 0 Å². The second-order valence-electron chi connectivity index (χ2n) is 6.33. The molecule has 1 aromatic heterocycles. The third-order valence-electron chi connectivity index (χ3n) is 4.46. The first-order valence-electron chi connectivity index (χ1n) is 8.05. The Bertz CT molecular complexity index is 915. The van der Waals surface area contributed by atoms with Crippen LogP contribution in [0.5, 0.6) is 0 Å². The van der Waals surface area contributed by atoms with E-state index < -0.39 is 9.84 Å². The topological polar surface area (TPSA) is 106 Å². The van der Waals surface area contributed by atoms with Crippen LogP contribution in [0.3, 0.4) is 0 Å². The van der Waals surface area contributed by atoms with Crippen molar-refractivity contribution >= 4 is 31.5 Å². The number of hydrogen-bond donors (Lipinski definition) is 1. The molecule has 0 saturated carbocycles. The highest BCUT2D eigenvalue weighted by molar-refractivity contribution is 9.10. The fourth-order valence-corrected chi connectivity index (χ4v) is 5.00. The lowest BCUT2D eigenvalue weighted by Gasteiger charge is -2.20. The van der Waals surface area contributed by atoms with Gasteiger partial charge in [0.05, 0.1) is 16.0 Å². The van der Waals surface area contributed by atoms with Crippen LogP contribution in [-0.4, -0.2) is 41.2 Å². The molecular weight excluding hydrogens is 429 g/mol. The first-order valence-corrected chi connectivity index (χ1v) is 10.7. The van der Waals surface area contributed by atoms with Crippen LogP contribution in [0.1, 0.15) is 29.8 Å². The van der Waals surface area contributed by atoms with Crippen LogP contribution >= 0.6 is 15.9 Å². The summed E-state index contributed by atoms with van der Waals surface area (Å²) in [7, 11) is -2.93. The minimum absolute atomic E-state index is 0.157. The van der Waals surface area contributed by atoms with E-state index in [4.69, 9.17) is 4.63 Å². The van der Waals surface area contributed by atoms with Crippen molar-refractivity contribution in [3.05, 3.63) is 45.4 Å². The van der Waals surface area contributed by atoms with E-state index in [1.165, 1.54) is 6.07 Å². The second kappa shape index (κ2) is 7.83. The van der Waals surface area contributed by atoms with Gasteiger partial charge in [0.25, 0.3) is 0 Å². The zero-order chi connectivity index (χ0) is 18.7. The molecule has 2 heterocycles. The van der Waals surface area contributed by atoms with Gasteiger partial charge in [-0.25, -0.2) is 17.4 Å². The van der Waals surface area contributed by atoms with E-state index in [1.54, 1.807) is 12.1 Å². The van der Waals surface area contributed by atoms with Gasteiger partial charge >= 0.3 is 0 Å². The Balaban J connectivity index is 1.74. The Morgan fingerprint density at radius 1 is 1.35 bits per heavy atom. The lowest BCUT2D eigenvalue weighted by atomic mass is 9.94. The minimum Gasteiger partial charge on any atom is -0.411 e. The standard InChI is InChI=1S/C16H17BrFN3O4S/c17-12-7-11(1-2-13(12)18)9-14(19-22)16-15(20-25-21-16)8-10-3-5-26(23,24)6-4-10/h1-2,7,10,22H,3-6,8-9H2. The van der Waals surface area contributed by atoms with E-state index in [0.717, 1.165) is 5.56 Å². The van der Waals surface area contributed by atoms with Crippen molar-refractivity contribution in [2.45, 2.75) is 25.7 Å². The normalized spacial score (nSPS) is 18.2. The lowest BCUT2D eigenvalue weighted by Crippen LogP contribution is -2.25. The maximum Gasteiger partial charge on any atom is 0.156 e. The molecule has 1 N–H and O–H groups in total. The summed E-state index contributed by atoms with van der Waals surface area (Å²) in [6.45, 7) is 0. The Morgan fingerprint density at radius 3 is 2.73 bits per heavy atom. The van der Waals surface area contributed by atoms with Crippen molar-refractivity contribution < 1.29 is 22.6 Å². The zero-order valence-corrected chi connectivity index (χ0v) is 16.1. The third-order valence-corrected chi connectivity index (χ3v) is 6.79. The molecule has 0 radical (unpaired) electrons. The summed E-state index contributed by atoms with van der Waals surface area (Å²) in [6, 6.07) is 4.50. The average Bonchev–Trinajstić information content (AvgIpc) is 3.06. The molecule has 0 unspecified atom stereocenters. The van der Waals surface area contributed by atoms with Gasteiger partial charge < -0.3 is 5.21 Å². The van der Waals surface area contributed by atoms with Crippen molar-refractivity contribution in [2.75, 3.05) is 11.5 Å². The van der Waals surface area contributed by atoms with Gasteiger partial charge in [-0.2, -0.15) is 0 Å². The van der Waals surface area contributed by atoms with Gasteiger partial charge in [0, 0.05) is 6.42 Å². The van der Waals surface area contributed by atoms with Gasteiger partial charge in [-0.1, -0.05) is 16.4 Å². The van der Waals surface area contributed by atoms with Crippen LogP contribution in [0, 0.1) is 11.7 Å². The predicted octanol–water partition coefficient (Wildman–Crippen LogP) is 2.76. The molecule has 140 valence electrons. The van der Waals surface area contributed by atoms with Gasteiger partial charge in [-0.05, 0) is 64.0 Å². The Labute approximate surface area is 158 Å². The van der Waals surface area contributed by atoms with Gasteiger partial charge in [-0.15, -0.1) is 0 Å². The van der Waals surface area contributed by atoms with Crippen LogP contribution in [0.15, 0.2) is 32.5 Å². The number of aromatic nitrogens is 2. The third kappa shape index (κ3) is 4.47. The number of hydrogen-bond acceptors (Lipinski definition) is 7.